The molecule has 0 bridgehead atoms. The molecule has 0 fully saturated rings. The molecule has 0 unspecified atom stereocenters. The Kier molecular flexibility index (Phi) is 3.64. The van der Waals surface area contributed by atoms with E-state index in [0.717, 1.165) is 0 Å². The molecule has 0 aliphatic rings. The molecule has 4 nitrogen and oxygen atoms in total. The van der Waals surface area contributed by atoms with Gasteiger partial charge in [-0.15, -0.1) is 4.91 Å². The van der Waals surface area contributed by atoms with Crippen LogP contribution in [0.25, 0.3) is 0 Å². The Labute approximate surface area is 88.4 Å². The summed E-state index contributed by atoms with van der Waals surface area (Å²) in [6, 6.07) is 6.09. The average Bonchev–Trinajstić information content (AvgIpc) is 2.27. The van der Waals surface area contributed by atoms with E-state index in [1.54, 1.807) is 12.1 Å². The predicted octanol–water partition coefficient (Wildman–Crippen LogP) is 2.17. The molecule has 1 aromatic rings. The molecule has 0 N–H and O–H groups in total. The number of amides is 1. The lowest BCUT2D eigenvalue weighted by atomic mass is 10.0. The Morgan fingerprint density at radius 3 is 2.29 bits per heavy atom. The van der Waals surface area contributed by atoms with Crippen LogP contribution in [-0.4, -0.2) is 17.0 Å². The van der Waals surface area contributed by atoms with E-state index < -0.39 is 5.91 Å². The van der Waals surface area contributed by atoms with Gasteiger partial charge < -0.3 is 0 Å². The first-order valence-corrected chi connectivity index (χ1v) is 4.88. The second-order valence-electron chi connectivity index (χ2n) is 2.50. The summed E-state index contributed by atoms with van der Waals surface area (Å²) in [6.07, 6.45) is 0. The molecule has 0 radical (unpaired) electrons. The fraction of sp³-hybridized carbons (Fsp3) is 0.111. The minimum Gasteiger partial charge on any atom is -0.293 e. The lowest BCUT2D eigenvalue weighted by molar-refractivity contribution is 0.0976. The third-order valence-electron chi connectivity index (χ3n) is 1.66. The van der Waals surface area contributed by atoms with Gasteiger partial charge in [-0.25, -0.2) is 0 Å². The molecular weight excluding hydrogens is 250 g/mol. The second kappa shape index (κ2) is 4.76. The number of nitrogens with zero attached hydrogens (tertiary/aromatic N) is 1. The van der Waals surface area contributed by atoms with Crippen LogP contribution in [0.5, 0.6) is 0 Å². The van der Waals surface area contributed by atoms with Gasteiger partial charge in [0.25, 0.3) is 0 Å². The van der Waals surface area contributed by atoms with E-state index in [0.29, 0.717) is 0 Å². The maximum Gasteiger partial charge on any atom is 0.317 e. The molecule has 0 atom stereocenters. The SMILES string of the molecule is O=NC(=O)c1ccccc1C(=O)CBr. The van der Waals surface area contributed by atoms with Crippen LogP contribution in [0, 0.1) is 4.91 Å². The Morgan fingerprint density at radius 1 is 1.21 bits per heavy atom. The van der Waals surface area contributed by atoms with Gasteiger partial charge in [0.15, 0.2) is 5.78 Å². The summed E-state index contributed by atoms with van der Waals surface area (Å²) in [4.78, 5) is 32.4. The van der Waals surface area contributed by atoms with Crippen molar-refractivity contribution in [3.05, 3.63) is 40.3 Å². The summed E-state index contributed by atoms with van der Waals surface area (Å²) in [5, 5.41) is 2.39. The zero-order chi connectivity index (χ0) is 10.6. The molecule has 72 valence electrons. The van der Waals surface area contributed by atoms with Crippen molar-refractivity contribution in [2.24, 2.45) is 5.18 Å². The van der Waals surface area contributed by atoms with E-state index in [1.807, 2.05) is 0 Å². The fourth-order valence-electron chi connectivity index (χ4n) is 1.03. The summed E-state index contributed by atoms with van der Waals surface area (Å²) in [5.41, 5.74) is 0.265. The Bertz CT molecular complexity index is 389. The highest BCUT2D eigenvalue weighted by Gasteiger charge is 2.15. The first-order chi connectivity index (χ1) is 6.70. The quantitative estimate of drug-likeness (QED) is 0.473. The van der Waals surface area contributed by atoms with Crippen molar-refractivity contribution >= 4 is 27.6 Å². The minimum atomic E-state index is -0.921. The topological polar surface area (TPSA) is 63.6 Å². The summed E-state index contributed by atoms with van der Waals surface area (Å²) in [5.74, 6) is -1.17. The third kappa shape index (κ3) is 2.11. The van der Waals surface area contributed by atoms with Crippen molar-refractivity contribution in [3.8, 4) is 0 Å². The van der Waals surface area contributed by atoms with Gasteiger partial charge in [-0.1, -0.05) is 34.1 Å². The van der Waals surface area contributed by atoms with Crippen LogP contribution in [0.4, 0.5) is 0 Å². The number of benzene rings is 1. The maximum atomic E-state index is 11.3. The molecule has 5 heteroatoms. The van der Waals surface area contributed by atoms with Crippen LogP contribution < -0.4 is 0 Å². The average molecular weight is 256 g/mol. The van der Waals surface area contributed by atoms with Crippen LogP contribution in [0.15, 0.2) is 29.4 Å². The van der Waals surface area contributed by atoms with Gasteiger partial charge in [-0.2, -0.15) is 0 Å². The second-order valence-corrected chi connectivity index (χ2v) is 3.06. The number of ketones is 1. The van der Waals surface area contributed by atoms with Crippen molar-refractivity contribution in [3.63, 3.8) is 0 Å². The highest BCUT2D eigenvalue weighted by molar-refractivity contribution is 9.09. The van der Waals surface area contributed by atoms with E-state index >= 15 is 0 Å². The molecule has 0 aliphatic carbocycles. The summed E-state index contributed by atoms with van der Waals surface area (Å²) in [6.45, 7) is 0. The van der Waals surface area contributed by atoms with Crippen molar-refractivity contribution in [1.29, 1.82) is 0 Å². The third-order valence-corrected chi connectivity index (χ3v) is 2.17. The van der Waals surface area contributed by atoms with Gasteiger partial charge in [0.1, 0.15) is 0 Å². The predicted molar refractivity (Wildman–Crippen MR) is 54.7 cm³/mol. The number of Topliss-reactive ketones (excluding diaryl/α,β-unsaturated/α-hetero) is 1. The largest absolute Gasteiger partial charge is 0.317 e. The number of alkyl halides is 1. The summed E-state index contributed by atoms with van der Waals surface area (Å²) >= 11 is 2.99. The van der Waals surface area contributed by atoms with Gasteiger partial charge in [-0.05, 0) is 6.07 Å². The molecule has 1 amide bonds. The number of halogens is 1. The van der Waals surface area contributed by atoms with Crippen molar-refractivity contribution in [2.45, 2.75) is 0 Å². The van der Waals surface area contributed by atoms with Gasteiger partial charge in [-0.3, -0.25) is 9.59 Å². The minimum absolute atomic E-state index is 0.0481. The highest BCUT2D eigenvalue weighted by Crippen LogP contribution is 2.11. The van der Waals surface area contributed by atoms with E-state index in [2.05, 4.69) is 21.1 Å². The molecule has 14 heavy (non-hydrogen) atoms. The molecule has 1 aromatic carbocycles. The van der Waals surface area contributed by atoms with Crippen LogP contribution in [0.2, 0.25) is 0 Å². The van der Waals surface area contributed by atoms with Crippen LogP contribution in [-0.2, 0) is 0 Å². The maximum absolute atomic E-state index is 11.3. The Balaban J connectivity index is 3.22. The van der Waals surface area contributed by atoms with Crippen molar-refractivity contribution in [2.75, 3.05) is 5.33 Å². The van der Waals surface area contributed by atoms with E-state index in [4.69, 9.17) is 0 Å². The molecule has 0 saturated carbocycles. The normalized spacial score (nSPS) is 9.50. The monoisotopic (exact) mass is 255 g/mol. The molecule has 0 spiro atoms. The fourth-order valence-corrected chi connectivity index (χ4v) is 1.34. The zero-order valence-electron chi connectivity index (χ0n) is 7.07. The number of carbonyl (C=O) groups excluding carboxylic acids is 2. The number of hydrogen-bond acceptors (Lipinski definition) is 3. The summed E-state index contributed by atoms with van der Waals surface area (Å²) < 4.78 is 0. The first-order valence-electron chi connectivity index (χ1n) is 3.76. The first kappa shape index (κ1) is 10.7. The van der Waals surface area contributed by atoms with Crippen molar-refractivity contribution < 1.29 is 9.59 Å². The summed E-state index contributed by atoms with van der Waals surface area (Å²) in [7, 11) is 0. The molecular formula is C9H6BrNO3. The number of nitroso groups, excluding NO2 is 1. The molecule has 0 aliphatic heterocycles. The number of hydrogen-bond donors (Lipinski definition) is 0. The molecule has 0 saturated heterocycles. The molecule has 1 rings (SSSR count). The highest BCUT2D eigenvalue weighted by atomic mass is 79.9. The van der Waals surface area contributed by atoms with E-state index in [1.165, 1.54) is 12.1 Å². The molecule has 0 aromatic heterocycles. The Morgan fingerprint density at radius 2 is 1.79 bits per heavy atom. The lowest BCUT2D eigenvalue weighted by Crippen LogP contribution is -2.07. The standard InChI is InChI=1S/C9H6BrNO3/c10-5-8(12)6-3-1-2-4-7(6)9(13)11-14/h1-4H,5H2. The lowest BCUT2D eigenvalue weighted by Gasteiger charge is -2.01. The van der Waals surface area contributed by atoms with Crippen LogP contribution in [0.3, 0.4) is 0 Å². The van der Waals surface area contributed by atoms with Gasteiger partial charge in [0.05, 0.1) is 10.9 Å². The van der Waals surface area contributed by atoms with E-state index in [9.17, 15) is 14.5 Å². The smallest absolute Gasteiger partial charge is 0.293 e. The van der Waals surface area contributed by atoms with Crippen LogP contribution in [0.1, 0.15) is 20.7 Å². The van der Waals surface area contributed by atoms with Crippen LogP contribution >= 0.6 is 15.9 Å². The molecule has 0 heterocycles. The Hall–Kier alpha value is -1.36. The van der Waals surface area contributed by atoms with Gasteiger partial charge in [0, 0.05) is 10.7 Å². The van der Waals surface area contributed by atoms with Gasteiger partial charge >= 0.3 is 5.91 Å². The van der Waals surface area contributed by atoms with Crippen molar-refractivity contribution in [1.82, 2.24) is 0 Å². The zero-order valence-corrected chi connectivity index (χ0v) is 8.65. The van der Waals surface area contributed by atoms with Gasteiger partial charge in [0.2, 0.25) is 0 Å². The number of carbonyl (C=O) groups is 2. The number of rotatable bonds is 3. The van der Waals surface area contributed by atoms with E-state index in [-0.39, 0.29) is 22.2 Å².